The topological polar surface area (TPSA) is 37.4 Å². The first-order valence-electron chi connectivity index (χ1n) is 7.79. The zero-order chi connectivity index (χ0) is 15.8. The number of amides is 1. The Hall–Kier alpha value is -0.860. The minimum Gasteiger partial charge on any atom is -0.330 e. The molecule has 3 nitrogen and oxygen atoms in total. The van der Waals surface area contributed by atoms with Crippen molar-refractivity contribution in [3.05, 3.63) is 0 Å². The molecule has 0 unspecified atom stereocenters. The van der Waals surface area contributed by atoms with Gasteiger partial charge in [-0.15, -0.1) is 0 Å². The van der Waals surface area contributed by atoms with Crippen molar-refractivity contribution < 1.29 is 9.59 Å². The highest BCUT2D eigenvalue weighted by Gasteiger charge is 2.53. The Morgan fingerprint density at radius 1 is 1.15 bits per heavy atom. The maximum Gasteiger partial charge on any atom is 0.220 e. The number of ketones is 1. The molecule has 3 heteroatoms. The number of carbonyl (C=O) groups excluding carboxylic acids is 2. The van der Waals surface area contributed by atoms with Crippen LogP contribution in [0.5, 0.6) is 0 Å². The highest BCUT2D eigenvalue weighted by molar-refractivity contribution is 5.96. The van der Waals surface area contributed by atoms with E-state index in [4.69, 9.17) is 0 Å². The summed E-state index contributed by atoms with van der Waals surface area (Å²) in [5.41, 5.74) is -0.940. The lowest BCUT2D eigenvalue weighted by atomic mass is 9.68. The number of hydrogen-bond donors (Lipinski definition) is 0. The van der Waals surface area contributed by atoms with E-state index in [-0.39, 0.29) is 22.5 Å². The average Bonchev–Trinajstić information content (AvgIpc) is 2.70. The molecular formula is C17H31NO2. The lowest BCUT2D eigenvalue weighted by Crippen LogP contribution is -2.58. The fourth-order valence-corrected chi connectivity index (χ4v) is 3.51. The van der Waals surface area contributed by atoms with Gasteiger partial charge in [-0.25, -0.2) is 0 Å². The molecule has 0 aliphatic carbocycles. The van der Waals surface area contributed by atoms with Crippen LogP contribution < -0.4 is 0 Å². The van der Waals surface area contributed by atoms with Gasteiger partial charge in [0.05, 0.1) is 0 Å². The molecule has 0 bridgehead atoms. The summed E-state index contributed by atoms with van der Waals surface area (Å²) in [6, 6.07) is 0. The average molecular weight is 281 g/mol. The quantitative estimate of drug-likeness (QED) is 0.786. The summed E-state index contributed by atoms with van der Waals surface area (Å²) in [5.74, 6) is 0.280. The second kappa shape index (κ2) is 5.50. The molecule has 0 aromatic carbocycles. The van der Waals surface area contributed by atoms with E-state index in [1.807, 2.05) is 18.7 Å². The summed E-state index contributed by atoms with van der Waals surface area (Å²) in [7, 11) is 0. The van der Waals surface area contributed by atoms with E-state index in [9.17, 15) is 9.59 Å². The van der Waals surface area contributed by atoms with Crippen LogP contribution in [-0.2, 0) is 9.59 Å². The van der Waals surface area contributed by atoms with Gasteiger partial charge in [-0.3, -0.25) is 9.59 Å². The van der Waals surface area contributed by atoms with Crippen molar-refractivity contribution in [3.63, 3.8) is 0 Å². The number of carbonyl (C=O) groups is 2. The van der Waals surface area contributed by atoms with Crippen LogP contribution in [-0.4, -0.2) is 28.7 Å². The molecule has 1 aliphatic heterocycles. The van der Waals surface area contributed by atoms with E-state index < -0.39 is 5.54 Å². The molecule has 0 saturated carbocycles. The van der Waals surface area contributed by atoms with E-state index >= 15 is 0 Å². The Morgan fingerprint density at radius 3 is 2.10 bits per heavy atom. The van der Waals surface area contributed by atoms with Crippen LogP contribution in [0, 0.1) is 10.8 Å². The van der Waals surface area contributed by atoms with Crippen LogP contribution in [0.3, 0.4) is 0 Å². The zero-order valence-electron chi connectivity index (χ0n) is 14.3. The third-order valence-electron chi connectivity index (χ3n) is 4.61. The van der Waals surface area contributed by atoms with Gasteiger partial charge < -0.3 is 4.90 Å². The van der Waals surface area contributed by atoms with Crippen molar-refractivity contribution in [2.45, 2.75) is 79.7 Å². The molecule has 0 spiro atoms. The molecule has 116 valence electrons. The molecule has 0 aromatic heterocycles. The van der Waals surface area contributed by atoms with E-state index in [1.165, 1.54) is 0 Å². The van der Waals surface area contributed by atoms with E-state index in [0.29, 0.717) is 0 Å². The molecule has 0 radical (unpaired) electrons. The Kier molecular flexibility index (Phi) is 4.72. The van der Waals surface area contributed by atoms with Crippen molar-refractivity contribution in [2.75, 3.05) is 6.54 Å². The largest absolute Gasteiger partial charge is 0.330 e. The molecule has 0 aromatic rings. The molecule has 1 rings (SSSR count). The second-order valence-electron chi connectivity index (χ2n) is 8.11. The van der Waals surface area contributed by atoms with E-state index in [1.54, 1.807) is 6.92 Å². The van der Waals surface area contributed by atoms with Gasteiger partial charge in [-0.1, -0.05) is 41.5 Å². The van der Waals surface area contributed by atoms with Gasteiger partial charge in [0, 0.05) is 18.9 Å². The van der Waals surface area contributed by atoms with Crippen LogP contribution in [0.25, 0.3) is 0 Å². The predicted molar refractivity (Wildman–Crippen MR) is 82.5 cm³/mol. The van der Waals surface area contributed by atoms with Crippen LogP contribution in [0.4, 0.5) is 0 Å². The number of nitrogens with zero attached hydrogens (tertiary/aromatic N) is 1. The highest BCUT2D eigenvalue weighted by Crippen LogP contribution is 2.44. The SMILES string of the molecule is CCC(C)(C)C(=O)[C@]1(CC(C)(C)C)CCCN1C(C)=O. The summed E-state index contributed by atoms with van der Waals surface area (Å²) in [6.07, 6.45) is 3.30. The van der Waals surface area contributed by atoms with Crippen molar-refractivity contribution in [2.24, 2.45) is 10.8 Å². The van der Waals surface area contributed by atoms with E-state index in [2.05, 4.69) is 27.7 Å². The number of hydrogen-bond acceptors (Lipinski definition) is 2. The van der Waals surface area contributed by atoms with Crippen molar-refractivity contribution >= 4 is 11.7 Å². The van der Waals surface area contributed by atoms with Crippen molar-refractivity contribution in [3.8, 4) is 0 Å². The summed E-state index contributed by atoms with van der Waals surface area (Å²) in [6.45, 7) is 14.8. The minimum atomic E-state index is -0.594. The number of Topliss-reactive ketones (excluding diaryl/α,β-unsaturated/α-hetero) is 1. The van der Waals surface area contributed by atoms with Gasteiger partial charge in [0.15, 0.2) is 5.78 Å². The standard InChI is InChI=1S/C17H31NO2/c1-8-16(6,7)14(20)17(12-15(3,4)5)10-9-11-18(17)13(2)19/h8-12H2,1-7H3/t17-/m1/s1. The summed E-state index contributed by atoms with van der Waals surface area (Å²) in [4.78, 5) is 27.1. The first-order valence-corrected chi connectivity index (χ1v) is 7.79. The molecule has 20 heavy (non-hydrogen) atoms. The summed E-state index contributed by atoms with van der Waals surface area (Å²) >= 11 is 0. The van der Waals surface area contributed by atoms with Crippen LogP contribution >= 0.6 is 0 Å². The van der Waals surface area contributed by atoms with Crippen molar-refractivity contribution in [1.29, 1.82) is 0 Å². The summed E-state index contributed by atoms with van der Waals surface area (Å²) < 4.78 is 0. The lowest BCUT2D eigenvalue weighted by Gasteiger charge is -2.44. The third-order valence-corrected chi connectivity index (χ3v) is 4.61. The Labute approximate surface area is 124 Å². The fraction of sp³-hybridized carbons (Fsp3) is 0.882. The van der Waals surface area contributed by atoms with Gasteiger partial charge in [0.1, 0.15) is 5.54 Å². The van der Waals surface area contributed by atoms with Gasteiger partial charge in [-0.2, -0.15) is 0 Å². The van der Waals surface area contributed by atoms with Gasteiger partial charge >= 0.3 is 0 Å². The maximum atomic E-state index is 13.2. The van der Waals surface area contributed by atoms with Gasteiger partial charge in [-0.05, 0) is 31.1 Å². The molecule has 1 saturated heterocycles. The Morgan fingerprint density at radius 2 is 1.70 bits per heavy atom. The molecule has 0 N–H and O–H groups in total. The van der Waals surface area contributed by atoms with Crippen LogP contribution in [0.2, 0.25) is 0 Å². The smallest absolute Gasteiger partial charge is 0.220 e. The number of likely N-dealkylation sites (tertiary alicyclic amines) is 1. The van der Waals surface area contributed by atoms with Gasteiger partial charge in [0.2, 0.25) is 5.91 Å². The molecule has 1 atom stereocenters. The second-order valence-corrected chi connectivity index (χ2v) is 8.11. The fourth-order valence-electron chi connectivity index (χ4n) is 3.51. The third kappa shape index (κ3) is 3.24. The minimum absolute atomic E-state index is 0.0253. The number of rotatable bonds is 4. The van der Waals surface area contributed by atoms with Gasteiger partial charge in [0.25, 0.3) is 0 Å². The lowest BCUT2D eigenvalue weighted by molar-refractivity contribution is -0.149. The van der Waals surface area contributed by atoms with Crippen LogP contribution in [0.15, 0.2) is 0 Å². The normalized spacial score (nSPS) is 24.1. The molecule has 1 amide bonds. The van der Waals surface area contributed by atoms with E-state index in [0.717, 1.165) is 32.2 Å². The maximum absolute atomic E-state index is 13.2. The highest BCUT2D eigenvalue weighted by atomic mass is 16.2. The first kappa shape index (κ1) is 17.2. The summed E-state index contributed by atoms with van der Waals surface area (Å²) in [5, 5.41) is 0. The first-order chi connectivity index (χ1) is 8.96. The molecule has 1 aliphatic rings. The monoisotopic (exact) mass is 281 g/mol. The zero-order valence-corrected chi connectivity index (χ0v) is 14.3. The Bertz CT molecular complexity index is 392. The molecule has 1 heterocycles. The molecular weight excluding hydrogens is 250 g/mol. The molecule has 1 fully saturated rings. The predicted octanol–water partition coefficient (Wildman–Crippen LogP) is 3.81. The Balaban J connectivity index is 3.28. The van der Waals surface area contributed by atoms with Crippen molar-refractivity contribution in [1.82, 2.24) is 4.90 Å². The van der Waals surface area contributed by atoms with Crippen LogP contribution in [0.1, 0.15) is 74.1 Å².